The van der Waals surface area contributed by atoms with Gasteiger partial charge in [0.2, 0.25) is 0 Å². The normalized spacial score (nSPS) is 21.6. The van der Waals surface area contributed by atoms with Gasteiger partial charge in [-0.3, -0.25) is 0 Å². The summed E-state index contributed by atoms with van der Waals surface area (Å²) in [6.45, 7) is 0. The molecule has 0 aliphatic heterocycles. The summed E-state index contributed by atoms with van der Waals surface area (Å²) in [4.78, 5) is 0. The summed E-state index contributed by atoms with van der Waals surface area (Å²) in [6, 6.07) is 36.8. The zero-order chi connectivity index (χ0) is 24.2. The van der Waals surface area contributed by atoms with E-state index < -0.39 is 12.2 Å². The Morgan fingerprint density at radius 1 is 0.444 bits per heavy atom. The zero-order valence-electron chi connectivity index (χ0n) is 19.6. The van der Waals surface area contributed by atoms with E-state index in [2.05, 4.69) is 70.1 Å². The quantitative estimate of drug-likeness (QED) is 0.323. The summed E-state index contributed by atoms with van der Waals surface area (Å²) in [5, 5.41) is 25.2. The van der Waals surface area contributed by atoms with Crippen molar-refractivity contribution in [3.05, 3.63) is 133 Å². The van der Waals surface area contributed by atoms with E-state index in [0.717, 1.165) is 44.3 Å². The fourth-order valence-electron chi connectivity index (χ4n) is 5.99. The average Bonchev–Trinajstić information content (AvgIpc) is 3.49. The van der Waals surface area contributed by atoms with E-state index in [9.17, 15) is 10.2 Å². The van der Waals surface area contributed by atoms with Crippen LogP contribution in [0.5, 0.6) is 0 Å². The third kappa shape index (κ3) is 3.08. The number of hydrogen-bond acceptors (Lipinski definition) is 2. The highest BCUT2D eigenvalue weighted by molar-refractivity contribution is 5.88. The molecule has 7 rings (SSSR count). The van der Waals surface area contributed by atoms with Crippen LogP contribution in [0.4, 0.5) is 0 Å². The second-order valence-electron chi connectivity index (χ2n) is 9.65. The van der Waals surface area contributed by atoms with Crippen LogP contribution in [0.3, 0.4) is 0 Å². The van der Waals surface area contributed by atoms with Crippen LogP contribution in [0.25, 0.3) is 33.2 Å². The molecule has 176 valence electrons. The molecule has 1 aliphatic rings. The SMILES string of the molecule is OC1C(c2cn(-c3ccccc3)c3ccccc23)C(O)C1c1cn(-c2ccccc2)c2ccccc12. The standard InChI is InChI=1S/C32H26N2O2/c35-31-29(25-19-33(21-11-3-1-4-12-21)27-17-9-7-15-23(25)27)32(36)30(31)26-20-34(22-13-5-2-6-14-22)28-18-10-8-16-24(26)28/h1-20,29-32,35-36H. The Hall–Kier alpha value is -4.12. The Balaban J connectivity index is 1.31. The number of aliphatic hydroxyl groups is 2. The van der Waals surface area contributed by atoms with Crippen LogP contribution in [0.15, 0.2) is 122 Å². The topological polar surface area (TPSA) is 50.3 Å². The van der Waals surface area contributed by atoms with Gasteiger partial charge < -0.3 is 19.3 Å². The fourth-order valence-corrected chi connectivity index (χ4v) is 5.99. The largest absolute Gasteiger partial charge is 0.392 e. The summed E-state index contributed by atoms with van der Waals surface area (Å²) < 4.78 is 4.30. The lowest BCUT2D eigenvalue weighted by Gasteiger charge is -2.46. The Bertz CT molecular complexity index is 1550. The number of rotatable bonds is 4. The monoisotopic (exact) mass is 470 g/mol. The molecule has 0 amide bonds. The molecule has 0 atom stereocenters. The summed E-state index contributed by atoms with van der Waals surface area (Å²) in [5.74, 6) is -0.715. The predicted octanol–water partition coefficient (Wildman–Crippen LogP) is 6.18. The number of aromatic nitrogens is 2. The van der Waals surface area contributed by atoms with Crippen molar-refractivity contribution in [3.63, 3.8) is 0 Å². The van der Waals surface area contributed by atoms with Gasteiger partial charge in [-0.25, -0.2) is 0 Å². The van der Waals surface area contributed by atoms with Crippen molar-refractivity contribution in [1.29, 1.82) is 0 Å². The van der Waals surface area contributed by atoms with Gasteiger partial charge in [-0.2, -0.15) is 0 Å². The fraction of sp³-hybridized carbons (Fsp3) is 0.125. The molecule has 0 radical (unpaired) electrons. The maximum Gasteiger partial charge on any atom is 0.0728 e. The molecule has 0 bridgehead atoms. The summed E-state index contributed by atoms with van der Waals surface area (Å²) >= 11 is 0. The summed E-state index contributed by atoms with van der Waals surface area (Å²) in [6.07, 6.45) is 2.79. The lowest BCUT2D eigenvalue weighted by molar-refractivity contribution is -0.0776. The molecule has 4 aromatic carbocycles. The number of benzene rings is 4. The van der Waals surface area contributed by atoms with Crippen molar-refractivity contribution in [2.45, 2.75) is 24.0 Å². The lowest BCUT2D eigenvalue weighted by Crippen LogP contribution is -2.51. The van der Waals surface area contributed by atoms with Crippen molar-refractivity contribution < 1.29 is 10.2 Å². The second kappa shape index (κ2) is 8.23. The Kier molecular flexibility index (Phi) is 4.84. The number of fused-ring (bicyclic) bond motifs is 2. The molecule has 1 aliphatic carbocycles. The van der Waals surface area contributed by atoms with E-state index in [4.69, 9.17) is 0 Å². The average molecular weight is 471 g/mol. The first-order chi connectivity index (χ1) is 17.7. The molecule has 6 aromatic rings. The van der Waals surface area contributed by atoms with Gasteiger partial charge in [0.05, 0.1) is 23.2 Å². The van der Waals surface area contributed by atoms with E-state index in [0.29, 0.717) is 0 Å². The van der Waals surface area contributed by atoms with E-state index in [-0.39, 0.29) is 11.8 Å². The predicted molar refractivity (Wildman–Crippen MR) is 144 cm³/mol. The third-order valence-electron chi connectivity index (χ3n) is 7.74. The molecule has 2 aromatic heterocycles. The molecule has 0 unspecified atom stereocenters. The Morgan fingerprint density at radius 3 is 1.22 bits per heavy atom. The summed E-state index contributed by atoms with van der Waals surface area (Å²) in [7, 11) is 0. The van der Waals surface area contributed by atoms with Gasteiger partial charge in [-0.15, -0.1) is 0 Å². The smallest absolute Gasteiger partial charge is 0.0728 e. The molecule has 2 heterocycles. The Labute approximate surface area is 209 Å². The van der Waals surface area contributed by atoms with Gasteiger partial charge in [0, 0.05) is 46.4 Å². The Morgan fingerprint density at radius 2 is 0.806 bits per heavy atom. The minimum atomic E-state index is -0.690. The number of aliphatic hydroxyl groups excluding tert-OH is 2. The number of hydrogen-bond donors (Lipinski definition) is 2. The van der Waals surface area contributed by atoms with E-state index in [1.54, 1.807) is 0 Å². The minimum Gasteiger partial charge on any atom is -0.392 e. The van der Waals surface area contributed by atoms with Crippen LogP contribution in [0.2, 0.25) is 0 Å². The highest BCUT2D eigenvalue weighted by Crippen LogP contribution is 2.52. The first-order valence-electron chi connectivity index (χ1n) is 12.4. The van der Waals surface area contributed by atoms with Gasteiger partial charge in [0.1, 0.15) is 0 Å². The lowest BCUT2D eigenvalue weighted by atomic mass is 9.63. The van der Waals surface area contributed by atoms with Gasteiger partial charge in [-0.05, 0) is 47.5 Å². The number of para-hydroxylation sites is 4. The van der Waals surface area contributed by atoms with Crippen molar-refractivity contribution in [3.8, 4) is 11.4 Å². The van der Waals surface area contributed by atoms with Crippen molar-refractivity contribution >= 4 is 21.8 Å². The first kappa shape index (κ1) is 21.2. The van der Waals surface area contributed by atoms with Crippen LogP contribution in [-0.4, -0.2) is 31.6 Å². The maximum atomic E-state index is 11.5. The van der Waals surface area contributed by atoms with Crippen LogP contribution in [0, 0.1) is 0 Å². The molecule has 1 fully saturated rings. The molecule has 4 nitrogen and oxygen atoms in total. The van der Waals surface area contributed by atoms with Gasteiger partial charge in [-0.1, -0.05) is 72.8 Å². The minimum absolute atomic E-state index is 0.358. The third-order valence-corrected chi connectivity index (χ3v) is 7.74. The molecule has 36 heavy (non-hydrogen) atoms. The first-order valence-corrected chi connectivity index (χ1v) is 12.4. The highest BCUT2D eigenvalue weighted by Gasteiger charge is 2.52. The van der Waals surface area contributed by atoms with Crippen molar-refractivity contribution in [2.75, 3.05) is 0 Å². The molecule has 0 spiro atoms. The molecule has 0 saturated heterocycles. The highest BCUT2D eigenvalue weighted by atomic mass is 16.3. The zero-order valence-corrected chi connectivity index (χ0v) is 19.6. The van der Waals surface area contributed by atoms with Crippen LogP contribution in [-0.2, 0) is 0 Å². The molecular formula is C32H26N2O2. The molecule has 2 N–H and O–H groups in total. The van der Waals surface area contributed by atoms with Crippen LogP contribution < -0.4 is 0 Å². The second-order valence-corrected chi connectivity index (χ2v) is 9.65. The van der Waals surface area contributed by atoms with Crippen molar-refractivity contribution in [1.82, 2.24) is 9.13 Å². The summed E-state index contributed by atoms with van der Waals surface area (Å²) in [5.41, 5.74) is 6.23. The maximum absolute atomic E-state index is 11.5. The van der Waals surface area contributed by atoms with Crippen molar-refractivity contribution in [2.24, 2.45) is 0 Å². The number of nitrogens with zero attached hydrogens (tertiary/aromatic N) is 2. The van der Waals surface area contributed by atoms with E-state index in [1.165, 1.54) is 0 Å². The molecule has 1 saturated carbocycles. The van der Waals surface area contributed by atoms with E-state index in [1.807, 2.05) is 60.7 Å². The van der Waals surface area contributed by atoms with Crippen LogP contribution >= 0.6 is 0 Å². The van der Waals surface area contributed by atoms with Gasteiger partial charge >= 0.3 is 0 Å². The molecular weight excluding hydrogens is 444 g/mol. The molecule has 4 heteroatoms. The van der Waals surface area contributed by atoms with Gasteiger partial charge in [0.15, 0.2) is 0 Å². The van der Waals surface area contributed by atoms with E-state index >= 15 is 0 Å². The van der Waals surface area contributed by atoms with Crippen LogP contribution in [0.1, 0.15) is 23.0 Å². The van der Waals surface area contributed by atoms with Gasteiger partial charge in [0.25, 0.3) is 0 Å².